The highest BCUT2D eigenvalue weighted by Gasteiger charge is 2.47. The van der Waals surface area contributed by atoms with Gasteiger partial charge in [-0.05, 0) is 38.5 Å². The van der Waals surface area contributed by atoms with Gasteiger partial charge in [-0.3, -0.25) is 4.79 Å². The summed E-state index contributed by atoms with van der Waals surface area (Å²) < 4.78 is 45.2. The van der Waals surface area contributed by atoms with Crippen molar-refractivity contribution in [3.05, 3.63) is 41.2 Å². The third-order valence-corrected chi connectivity index (χ3v) is 4.08. The normalized spacial score (nSPS) is 15.8. The third kappa shape index (κ3) is 3.82. The van der Waals surface area contributed by atoms with Gasteiger partial charge in [0.05, 0.1) is 11.6 Å². The fourth-order valence-electron chi connectivity index (χ4n) is 2.57. The largest absolute Gasteiger partial charge is 0.451 e. The summed E-state index contributed by atoms with van der Waals surface area (Å²) in [6.07, 6.45) is -4.95. The standard InChI is InChI=1S/C18H14F3N5O3/c1-9-4-5-11(6-10(9)8-22)29-13-7-12(23-14(24-13)18(19,20)21)26-15(27)17(2,3)25-16(26)28/h4-7H,1-3H3,(H,25,28). The number of halogens is 3. The summed E-state index contributed by atoms with van der Waals surface area (Å²) in [5, 5.41) is 11.4. The molecular formula is C18H14F3N5O3. The van der Waals surface area contributed by atoms with Gasteiger partial charge in [0.25, 0.3) is 5.91 Å². The van der Waals surface area contributed by atoms with E-state index in [1.807, 2.05) is 6.07 Å². The second-order valence-corrected chi connectivity index (χ2v) is 6.77. The number of amides is 3. The molecule has 1 N–H and O–H groups in total. The minimum atomic E-state index is -4.95. The molecule has 1 fully saturated rings. The fourth-order valence-corrected chi connectivity index (χ4v) is 2.57. The Kier molecular flexibility index (Phi) is 4.66. The summed E-state index contributed by atoms with van der Waals surface area (Å²) in [6.45, 7) is 4.50. The number of rotatable bonds is 3. The van der Waals surface area contributed by atoms with Crippen LogP contribution in [0.2, 0.25) is 0 Å². The fraction of sp³-hybridized carbons (Fsp3) is 0.278. The van der Waals surface area contributed by atoms with Gasteiger partial charge in [0.15, 0.2) is 5.82 Å². The maximum Gasteiger partial charge on any atom is 0.451 e. The van der Waals surface area contributed by atoms with Crippen molar-refractivity contribution >= 4 is 17.8 Å². The number of urea groups is 1. The second kappa shape index (κ2) is 6.73. The van der Waals surface area contributed by atoms with Crippen LogP contribution >= 0.6 is 0 Å². The number of aryl methyl sites for hydroxylation is 1. The van der Waals surface area contributed by atoms with Crippen molar-refractivity contribution in [1.29, 1.82) is 5.26 Å². The number of benzene rings is 1. The second-order valence-electron chi connectivity index (χ2n) is 6.77. The number of nitrogens with one attached hydrogen (secondary N) is 1. The first-order chi connectivity index (χ1) is 13.4. The van der Waals surface area contributed by atoms with E-state index in [0.29, 0.717) is 10.5 Å². The Morgan fingerprint density at radius 2 is 1.90 bits per heavy atom. The predicted molar refractivity (Wildman–Crippen MR) is 93.1 cm³/mol. The molecule has 1 saturated heterocycles. The van der Waals surface area contributed by atoms with E-state index in [4.69, 9.17) is 10.00 Å². The van der Waals surface area contributed by atoms with Gasteiger partial charge >= 0.3 is 12.2 Å². The van der Waals surface area contributed by atoms with E-state index >= 15 is 0 Å². The van der Waals surface area contributed by atoms with Crippen LogP contribution in [0.15, 0.2) is 24.3 Å². The number of alkyl halides is 3. The molecular weight excluding hydrogens is 391 g/mol. The topological polar surface area (TPSA) is 108 Å². The van der Waals surface area contributed by atoms with E-state index in [2.05, 4.69) is 15.3 Å². The van der Waals surface area contributed by atoms with Crippen molar-refractivity contribution in [1.82, 2.24) is 15.3 Å². The predicted octanol–water partition coefficient (Wildman–Crippen LogP) is 3.30. The number of ether oxygens (including phenoxy) is 1. The summed E-state index contributed by atoms with van der Waals surface area (Å²) in [7, 11) is 0. The lowest BCUT2D eigenvalue weighted by Gasteiger charge is -2.17. The molecule has 0 saturated carbocycles. The molecule has 3 amide bonds. The molecule has 29 heavy (non-hydrogen) atoms. The average molecular weight is 405 g/mol. The van der Waals surface area contributed by atoms with Crippen molar-refractivity contribution in [2.75, 3.05) is 4.90 Å². The maximum atomic E-state index is 13.3. The summed E-state index contributed by atoms with van der Waals surface area (Å²) in [5.41, 5.74) is -0.385. The van der Waals surface area contributed by atoms with Crippen LogP contribution in [0.1, 0.15) is 30.8 Å². The number of anilines is 1. The summed E-state index contributed by atoms with van der Waals surface area (Å²) in [6, 6.07) is 6.30. The minimum Gasteiger partial charge on any atom is -0.439 e. The van der Waals surface area contributed by atoms with E-state index in [1.54, 1.807) is 13.0 Å². The van der Waals surface area contributed by atoms with E-state index in [1.165, 1.54) is 26.0 Å². The van der Waals surface area contributed by atoms with Crippen molar-refractivity contribution in [3.8, 4) is 17.7 Å². The van der Waals surface area contributed by atoms with Crippen molar-refractivity contribution in [2.24, 2.45) is 0 Å². The number of carbonyl (C=O) groups excluding carboxylic acids is 2. The van der Waals surface area contributed by atoms with Gasteiger partial charge in [0, 0.05) is 6.07 Å². The monoisotopic (exact) mass is 405 g/mol. The quantitative estimate of drug-likeness (QED) is 0.785. The zero-order chi connectivity index (χ0) is 21.6. The molecule has 1 aromatic heterocycles. The summed E-state index contributed by atoms with van der Waals surface area (Å²) >= 11 is 0. The Labute approximate surface area is 162 Å². The molecule has 3 rings (SSSR count). The number of hydrogen-bond donors (Lipinski definition) is 1. The number of imide groups is 1. The number of aromatic nitrogens is 2. The Hall–Kier alpha value is -3.68. The number of nitrogens with zero attached hydrogens (tertiary/aromatic N) is 4. The van der Waals surface area contributed by atoms with Crippen LogP contribution in [0.4, 0.5) is 23.8 Å². The highest BCUT2D eigenvalue weighted by molar-refractivity contribution is 6.22. The molecule has 150 valence electrons. The van der Waals surface area contributed by atoms with Gasteiger partial charge in [-0.25, -0.2) is 14.7 Å². The van der Waals surface area contributed by atoms with Crippen molar-refractivity contribution < 1.29 is 27.5 Å². The van der Waals surface area contributed by atoms with Crippen LogP contribution in [-0.4, -0.2) is 27.4 Å². The Balaban J connectivity index is 2.07. The zero-order valence-electron chi connectivity index (χ0n) is 15.5. The molecule has 0 bridgehead atoms. The molecule has 1 aliphatic heterocycles. The molecule has 1 aromatic carbocycles. The molecule has 2 aromatic rings. The van der Waals surface area contributed by atoms with Gasteiger partial charge in [-0.2, -0.15) is 23.4 Å². The number of nitriles is 1. The molecule has 0 unspecified atom stereocenters. The van der Waals surface area contributed by atoms with Gasteiger partial charge in [0.1, 0.15) is 11.3 Å². The first kappa shape index (κ1) is 20.1. The van der Waals surface area contributed by atoms with Crippen LogP contribution in [0.3, 0.4) is 0 Å². The number of hydrogen-bond acceptors (Lipinski definition) is 6. The first-order valence-electron chi connectivity index (χ1n) is 8.24. The first-order valence-corrected chi connectivity index (χ1v) is 8.24. The van der Waals surface area contributed by atoms with E-state index in [-0.39, 0.29) is 11.3 Å². The molecule has 1 aliphatic rings. The SMILES string of the molecule is Cc1ccc(Oc2cc(N3C(=O)NC(C)(C)C3=O)nc(C(F)(F)F)n2)cc1C#N. The van der Waals surface area contributed by atoms with Gasteiger partial charge in [0.2, 0.25) is 11.7 Å². The summed E-state index contributed by atoms with van der Waals surface area (Å²) in [5.74, 6) is -3.42. The Morgan fingerprint density at radius 3 is 2.45 bits per heavy atom. The highest BCUT2D eigenvalue weighted by atomic mass is 19.4. The van der Waals surface area contributed by atoms with Crippen LogP contribution < -0.4 is 15.0 Å². The smallest absolute Gasteiger partial charge is 0.439 e. The van der Waals surface area contributed by atoms with Crippen LogP contribution in [0, 0.1) is 18.3 Å². The Morgan fingerprint density at radius 1 is 1.21 bits per heavy atom. The van der Waals surface area contributed by atoms with E-state index in [9.17, 15) is 22.8 Å². The van der Waals surface area contributed by atoms with Crippen LogP contribution in [0.25, 0.3) is 0 Å². The lowest BCUT2D eigenvalue weighted by molar-refractivity contribution is -0.145. The Bertz CT molecular complexity index is 1060. The maximum absolute atomic E-state index is 13.3. The third-order valence-electron chi connectivity index (χ3n) is 4.08. The molecule has 0 radical (unpaired) electrons. The summed E-state index contributed by atoms with van der Waals surface area (Å²) in [4.78, 5) is 31.7. The van der Waals surface area contributed by atoms with Crippen molar-refractivity contribution in [3.63, 3.8) is 0 Å². The van der Waals surface area contributed by atoms with Gasteiger partial charge in [-0.15, -0.1) is 0 Å². The molecule has 0 atom stereocenters. The molecule has 11 heteroatoms. The van der Waals surface area contributed by atoms with Gasteiger partial charge in [-0.1, -0.05) is 6.07 Å². The molecule has 8 nitrogen and oxygen atoms in total. The number of carbonyl (C=O) groups is 2. The van der Waals surface area contributed by atoms with Crippen molar-refractivity contribution in [2.45, 2.75) is 32.5 Å². The molecule has 0 aliphatic carbocycles. The van der Waals surface area contributed by atoms with E-state index < -0.39 is 41.2 Å². The van der Waals surface area contributed by atoms with Gasteiger partial charge < -0.3 is 10.1 Å². The minimum absolute atomic E-state index is 0.0578. The average Bonchev–Trinajstić information content (AvgIpc) is 2.82. The highest BCUT2D eigenvalue weighted by Crippen LogP contribution is 2.33. The molecule has 2 heterocycles. The van der Waals surface area contributed by atoms with Crippen LogP contribution in [-0.2, 0) is 11.0 Å². The molecule has 0 spiro atoms. The van der Waals surface area contributed by atoms with E-state index in [0.717, 1.165) is 6.07 Å². The van der Waals surface area contributed by atoms with Crippen LogP contribution in [0.5, 0.6) is 11.6 Å². The lowest BCUT2D eigenvalue weighted by Crippen LogP contribution is -2.40. The zero-order valence-corrected chi connectivity index (χ0v) is 15.5. The lowest BCUT2D eigenvalue weighted by atomic mass is 10.1.